The largest absolute Gasteiger partial charge is 0.297 e. The highest BCUT2D eigenvalue weighted by Crippen LogP contribution is 2.37. The van der Waals surface area contributed by atoms with Crippen molar-refractivity contribution >= 4 is 16.5 Å². The average Bonchev–Trinajstić information content (AvgIpc) is 2.46. The zero-order valence-electron chi connectivity index (χ0n) is 12.2. The molecule has 0 saturated carbocycles. The van der Waals surface area contributed by atoms with Crippen LogP contribution in [0.15, 0.2) is 36.5 Å². The van der Waals surface area contributed by atoms with Gasteiger partial charge in [0.2, 0.25) is 0 Å². The fraction of sp³-hybridized carbons (Fsp3) is 0.389. The predicted octanol–water partition coefficient (Wildman–Crippen LogP) is 4.01. The molecule has 0 spiro atoms. The first-order chi connectivity index (χ1) is 10.2. The third kappa shape index (κ3) is 2.16. The Balaban J connectivity index is 1.81. The third-order valence-electron chi connectivity index (χ3n) is 5.02. The van der Waals surface area contributed by atoms with E-state index >= 15 is 0 Å². The van der Waals surface area contributed by atoms with Gasteiger partial charge in [0.1, 0.15) is 5.82 Å². The molecule has 4 rings (SSSR count). The number of benzene rings is 1. The van der Waals surface area contributed by atoms with Gasteiger partial charge >= 0.3 is 0 Å². The Bertz CT molecular complexity index is 722. The predicted molar refractivity (Wildman–Crippen MR) is 83.5 cm³/mol. The second-order valence-electron chi connectivity index (χ2n) is 6.24. The molecule has 1 aromatic carbocycles. The van der Waals surface area contributed by atoms with Crippen LogP contribution in [0.4, 0.5) is 4.39 Å². The molecule has 0 N–H and O–H groups in total. The number of piperidine rings is 1. The van der Waals surface area contributed by atoms with E-state index in [1.165, 1.54) is 24.8 Å². The van der Waals surface area contributed by atoms with Crippen LogP contribution in [0, 0.1) is 5.82 Å². The van der Waals surface area contributed by atoms with Crippen molar-refractivity contribution in [3.63, 3.8) is 0 Å². The number of fused-ring (bicyclic) bond motifs is 3. The molecule has 2 nitrogen and oxygen atoms in total. The van der Waals surface area contributed by atoms with Gasteiger partial charge in [-0.05, 0) is 44.0 Å². The van der Waals surface area contributed by atoms with Crippen LogP contribution in [0.2, 0.25) is 0 Å². The average molecular weight is 282 g/mol. The van der Waals surface area contributed by atoms with E-state index in [0.717, 1.165) is 22.9 Å². The molecule has 0 aliphatic carbocycles. The highest BCUT2D eigenvalue weighted by molar-refractivity contribution is 5.84. The van der Waals surface area contributed by atoms with Crippen LogP contribution < -0.4 is 0 Å². The van der Waals surface area contributed by atoms with E-state index in [2.05, 4.69) is 23.0 Å². The number of hydrogen-bond donors (Lipinski definition) is 0. The molecule has 2 aliphatic heterocycles. The van der Waals surface area contributed by atoms with Crippen molar-refractivity contribution in [2.75, 3.05) is 7.05 Å². The summed E-state index contributed by atoms with van der Waals surface area (Å²) in [7, 11) is 2.20. The van der Waals surface area contributed by atoms with Crippen molar-refractivity contribution in [1.82, 2.24) is 9.88 Å². The van der Waals surface area contributed by atoms with Crippen LogP contribution in [0.1, 0.15) is 31.2 Å². The van der Waals surface area contributed by atoms with Gasteiger partial charge in [-0.3, -0.25) is 9.88 Å². The lowest BCUT2D eigenvalue weighted by atomic mass is 9.83. The minimum absolute atomic E-state index is 0.143. The second kappa shape index (κ2) is 4.92. The van der Waals surface area contributed by atoms with E-state index < -0.39 is 0 Å². The van der Waals surface area contributed by atoms with E-state index in [4.69, 9.17) is 0 Å². The van der Waals surface area contributed by atoms with Crippen LogP contribution >= 0.6 is 0 Å². The molecule has 1 fully saturated rings. The number of rotatable bonds is 1. The van der Waals surface area contributed by atoms with E-state index in [0.29, 0.717) is 12.1 Å². The first-order valence-corrected chi connectivity index (χ1v) is 7.69. The van der Waals surface area contributed by atoms with Gasteiger partial charge in [-0.15, -0.1) is 0 Å². The normalized spacial score (nSPS) is 25.9. The SMILES string of the molecule is CN1C2C=C(c3cc4cccnc4cc3F)CC1CCC2. The minimum Gasteiger partial charge on any atom is -0.297 e. The summed E-state index contributed by atoms with van der Waals surface area (Å²) in [5, 5.41) is 1.01. The van der Waals surface area contributed by atoms with Gasteiger partial charge in [0.25, 0.3) is 0 Å². The lowest BCUT2D eigenvalue weighted by Gasteiger charge is -2.42. The number of aromatic nitrogens is 1. The fourth-order valence-electron chi connectivity index (χ4n) is 3.78. The summed E-state index contributed by atoms with van der Waals surface area (Å²) in [6.45, 7) is 0. The second-order valence-corrected chi connectivity index (χ2v) is 6.24. The molecule has 2 aromatic rings. The summed E-state index contributed by atoms with van der Waals surface area (Å²) in [5.74, 6) is -0.143. The van der Waals surface area contributed by atoms with Crippen molar-refractivity contribution in [1.29, 1.82) is 0 Å². The number of hydrogen-bond acceptors (Lipinski definition) is 2. The Labute approximate surface area is 124 Å². The molecule has 1 aromatic heterocycles. The van der Waals surface area contributed by atoms with Crippen LogP contribution in [-0.4, -0.2) is 29.0 Å². The molecular formula is C18H19FN2. The molecule has 0 amide bonds. The van der Waals surface area contributed by atoms with Gasteiger partial charge in [0.05, 0.1) is 5.52 Å². The van der Waals surface area contributed by atoms with Crippen molar-refractivity contribution < 1.29 is 4.39 Å². The molecule has 0 radical (unpaired) electrons. The van der Waals surface area contributed by atoms with Crippen LogP contribution in [0.25, 0.3) is 16.5 Å². The number of halogens is 1. The smallest absolute Gasteiger partial charge is 0.132 e. The topological polar surface area (TPSA) is 16.1 Å². The minimum atomic E-state index is -0.143. The van der Waals surface area contributed by atoms with Gasteiger partial charge in [-0.25, -0.2) is 4.39 Å². The van der Waals surface area contributed by atoms with Crippen LogP contribution in [0.5, 0.6) is 0 Å². The molecule has 3 heteroatoms. The summed E-state index contributed by atoms with van der Waals surface area (Å²) in [6.07, 6.45) is 8.63. The third-order valence-corrected chi connectivity index (χ3v) is 5.02. The van der Waals surface area contributed by atoms with Gasteiger partial charge in [0, 0.05) is 35.3 Å². The molecular weight excluding hydrogens is 263 g/mol. The Kier molecular flexibility index (Phi) is 3.03. The molecule has 2 aliphatic rings. The van der Waals surface area contributed by atoms with E-state index in [-0.39, 0.29) is 5.82 Å². The quantitative estimate of drug-likeness (QED) is 0.785. The van der Waals surface area contributed by atoms with Crippen LogP contribution in [0.3, 0.4) is 0 Å². The van der Waals surface area contributed by atoms with Gasteiger partial charge in [0.15, 0.2) is 0 Å². The van der Waals surface area contributed by atoms with Crippen molar-refractivity contribution in [3.05, 3.63) is 47.9 Å². The van der Waals surface area contributed by atoms with Crippen molar-refractivity contribution in [2.24, 2.45) is 0 Å². The highest BCUT2D eigenvalue weighted by atomic mass is 19.1. The summed E-state index contributed by atoms with van der Waals surface area (Å²) in [6, 6.07) is 8.47. The maximum absolute atomic E-state index is 14.5. The summed E-state index contributed by atoms with van der Waals surface area (Å²) >= 11 is 0. The number of nitrogens with zero attached hydrogens (tertiary/aromatic N) is 2. The molecule has 2 atom stereocenters. The summed E-state index contributed by atoms with van der Waals surface area (Å²) in [4.78, 5) is 6.68. The van der Waals surface area contributed by atoms with E-state index in [1.54, 1.807) is 12.3 Å². The molecule has 2 unspecified atom stereocenters. The first kappa shape index (κ1) is 13.0. The summed E-state index contributed by atoms with van der Waals surface area (Å²) in [5.41, 5.74) is 2.67. The van der Waals surface area contributed by atoms with Crippen LogP contribution in [-0.2, 0) is 0 Å². The lowest BCUT2D eigenvalue weighted by Crippen LogP contribution is -2.45. The van der Waals surface area contributed by atoms with Gasteiger partial charge in [-0.1, -0.05) is 18.6 Å². The van der Waals surface area contributed by atoms with Gasteiger partial charge in [-0.2, -0.15) is 0 Å². The Hall–Kier alpha value is -1.74. The highest BCUT2D eigenvalue weighted by Gasteiger charge is 2.32. The Morgan fingerprint density at radius 2 is 2.19 bits per heavy atom. The maximum atomic E-state index is 14.5. The van der Waals surface area contributed by atoms with E-state index in [1.807, 2.05) is 18.2 Å². The fourth-order valence-corrected chi connectivity index (χ4v) is 3.78. The lowest BCUT2D eigenvalue weighted by molar-refractivity contribution is 0.137. The zero-order chi connectivity index (χ0) is 14.4. The molecule has 2 bridgehead atoms. The summed E-state index contributed by atoms with van der Waals surface area (Å²) < 4.78 is 14.5. The Morgan fingerprint density at radius 1 is 1.29 bits per heavy atom. The standard InChI is InChI=1S/C18H19FN2/c1-21-14-5-2-6-15(21)9-13(8-14)16-10-12-4-3-7-20-18(12)11-17(16)19/h3-4,7-8,10-11,14-15H,2,5-6,9H2,1H3. The molecule has 108 valence electrons. The Morgan fingerprint density at radius 3 is 3.05 bits per heavy atom. The molecule has 21 heavy (non-hydrogen) atoms. The van der Waals surface area contributed by atoms with E-state index in [9.17, 15) is 4.39 Å². The molecule has 3 heterocycles. The van der Waals surface area contributed by atoms with Gasteiger partial charge < -0.3 is 0 Å². The first-order valence-electron chi connectivity index (χ1n) is 7.69. The number of pyridine rings is 1. The van der Waals surface area contributed by atoms with Crippen molar-refractivity contribution in [2.45, 2.75) is 37.8 Å². The van der Waals surface area contributed by atoms with Crippen molar-refractivity contribution in [3.8, 4) is 0 Å². The number of likely N-dealkylation sites (N-methyl/N-ethyl adjacent to an activating group) is 1. The monoisotopic (exact) mass is 282 g/mol. The zero-order valence-corrected chi connectivity index (χ0v) is 12.2. The maximum Gasteiger partial charge on any atom is 0.132 e. The molecule has 1 saturated heterocycles.